The maximum absolute atomic E-state index is 6.05. The van der Waals surface area contributed by atoms with Gasteiger partial charge in [0.1, 0.15) is 11.6 Å². The minimum atomic E-state index is 0.132. The van der Waals surface area contributed by atoms with Crippen LogP contribution in [0.3, 0.4) is 0 Å². The maximum atomic E-state index is 6.05. The van der Waals surface area contributed by atoms with Crippen LogP contribution in [-0.4, -0.2) is 21.2 Å². The van der Waals surface area contributed by atoms with Crippen molar-refractivity contribution in [3.8, 4) is 11.5 Å². The molecular formula is C23H22BrN3O2. The van der Waals surface area contributed by atoms with Crippen LogP contribution in [0.1, 0.15) is 30.7 Å². The highest BCUT2D eigenvalue weighted by Crippen LogP contribution is 2.31. The van der Waals surface area contributed by atoms with Crippen molar-refractivity contribution >= 4 is 21.6 Å². The number of hydrogen-bond donors (Lipinski definition) is 0. The molecule has 0 radical (unpaired) electrons. The van der Waals surface area contributed by atoms with Gasteiger partial charge in [-0.1, -0.05) is 55.5 Å². The van der Waals surface area contributed by atoms with E-state index in [4.69, 9.17) is 9.47 Å². The second-order valence-electron chi connectivity index (χ2n) is 6.80. The van der Waals surface area contributed by atoms with Gasteiger partial charge in [-0.15, -0.1) is 10.2 Å². The van der Waals surface area contributed by atoms with Crippen molar-refractivity contribution in [2.75, 3.05) is 6.61 Å². The third-order valence-corrected chi connectivity index (χ3v) is 5.16. The van der Waals surface area contributed by atoms with E-state index in [1.807, 2.05) is 65.2 Å². The van der Waals surface area contributed by atoms with Crippen LogP contribution in [0.5, 0.6) is 11.5 Å². The highest BCUT2D eigenvalue weighted by atomic mass is 79.9. The zero-order chi connectivity index (χ0) is 20.1. The second-order valence-corrected chi connectivity index (χ2v) is 7.71. The number of aromatic nitrogens is 3. The summed E-state index contributed by atoms with van der Waals surface area (Å²) in [6.45, 7) is 3.30. The monoisotopic (exact) mass is 451 g/mol. The van der Waals surface area contributed by atoms with Gasteiger partial charge >= 0.3 is 0 Å². The number of pyridine rings is 1. The zero-order valence-electron chi connectivity index (χ0n) is 16.2. The Labute approximate surface area is 178 Å². The SMILES string of the molecule is CCC(COCc1ccccc1)c1nnc2c(Oc3ccccc3)cc(Br)cn12. The summed E-state index contributed by atoms with van der Waals surface area (Å²) >= 11 is 3.58. The van der Waals surface area contributed by atoms with Crippen LogP contribution in [-0.2, 0) is 11.3 Å². The van der Waals surface area contributed by atoms with E-state index in [-0.39, 0.29) is 5.92 Å². The van der Waals surface area contributed by atoms with E-state index in [0.29, 0.717) is 24.6 Å². The largest absolute Gasteiger partial charge is 0.453 e. The van der Waals surface area contributed by atoms with Gasteiger partial charge in [-0.25, -0.2) is 0 Å². The normalized spacial score (nSPS) is 12.2. The molecule has 0 aliphatic carbocycles. The maximum Gasteiger partial charge on any atom is 0.204 e. The molecule has 1 atom stereocenters. The molecule has 2 aromatic carbocycles. The summed E-state index contributed by atoms with van der Waals surface area (Å²) in [5.74, 6) is 2.42. The Kier molecular flexibility index (Phi) is 6.22. The van der Waals surface area contributed by atoms with E-state index in [1.165, 1.54) is 0 Å². The molecule has 0 aliphatic rings. The first-order valence-electron chi connectivity index (χ1n) is 9.63. The van der Waals surface area contributed by atoms with E-state index in [2.05, 4.69) is 45.2 Å². The molecule has 0 saturated heterocycles. The Bertz CT molecular complexity index is 1070. The van der Waals surface area contributed by atoms with Gasteiger partial charge in [0.2, 0.25) is 5.65 Å². The molecule has 2 heterocycles. The standard InChI is InChI=1S/C23H22BrN3O2/c1-2-18(16-28-15-17-9-5-3-6-10-17)22-25-26-23-21(13-19(24)14-27(22)23)29-20-11-7-4-8-12-20/h3-14,18H,2,15-16H2,1H3. The van der Waals surface area contributed by atoms with Crippen molar-refractivity contribution in [3.63, 3.8) is 0 Å². The highest BCUT2D eigenvalue weighted by Gasteiger charge is 2.20. The number of para-hydroxylation sites is 1. The molecule has 2 aromatic heterocycles. The fraction of sp³-hybridized carbons (Fsp3) is 0.217. The summed E-state index contributed by atoms with van der Waals surface area (Å²) < 4.78 is 14.9. The lowest BCUT2D eigenvalue weighted by atomic mass is 10.1. The molecule has 4 rings (SSSR count). The minimum Gasteiger partial charge on any atom is -0.453 e. The summed E-state index contributed by atoms with van der Waals surface area (Å²) in [5.41, 5.74) is 1.85. The van der Waals surface area contributed by atoms with E-state index in [9.17, 15) is 0 Å². The molecule has 0 amide bonds. The predicted molar refractivity (Wildman–Crippen MR) is 116 cm³/mol. The molecule has 0 spiro atoms. The number of fused-ring (bicyclic) bond motifs is 1. The average molecular weight is 452 g/mol. The molecular weight excluding hydrogens is 430 g/mol. The molecule has 4 aromatic rings. The lowest BCUT2D eigenvalue weighted by Gasteiger charge is -2.14. The van der Waals surface area contributed by atoms with Crippen LogP contribution < -0.4 is 4.74 Å². The number of nitrogens with zero attached hydrogens (tertiary/aromatic N) is 3. The third kappa shape index (κ3) is 4.66. The number of hydrogen-bond acceptors (Lipinski definition) is 4. The first-order valence-corrected chi connectivity index (χ1v) is 10.4. The van der Waals surface area contributed by atoms with Crippen molar-refractivity contribution in [3.05, 3.63) is 88.8 Å². The predicted octanol–water partition coefficient (Wildman–Crippen LogP) is 5.99. The van der Waals surface area contributed by atoms with Crippen LogP contribution in [0.25, 0.3) is 5.65 Å². The number of ether oxygens (including phenoxy) is 2. The van der Waals surface area contributed by atoms with Crippen LogP contribution in [0, 0.1) is 0 Å². The lowest BCUT2D eigenvalue weighted by Crippen LogP contribution is -2.11. The number of halogens is 1. The summed E-state index contributed by atoms with van der Waals surface area (Å²) in [4.78, 5) is 0. The fourth-order valence-electron chi connectivity index (χ4n) is 3.19. The van der Waals surface area contributed by atoms with Gasteiger partial charge in [-0.05, 0) is 40.0 Å². The summed E-state index contributed by atoms with van der Waals surface area (Å²) in [6, 6.07) is 21.8. The van der Waals surface area contributed by atoms with Gasteiger partial charge in [0.25, 0.3) is 0 Å². The summed E-state index contributed by atoms with van der Waals surface area (Å²) in [7, 11) is 0. The summed E-state index contributed by atoms with van der Waals surface area (Å²) in [5, 5.41) is 8.87. The van der Waals surface area contributed by atoms with E-state index < -0.39 is 0 Å². The Morgan fingerprint density at radius 2 is 1.72 bits per heavy atom. The van der Waals surface area contributed by atoms with Crippen molar-refractivity contribution in [2.45, 2.75) is 25.9 Å². The van der Waals surface area contributed by atoms with Crippen molar-refractivity contribution in [1.29, 1.82) is 0 Å². The Balaban J connectivity index is 1.56. The van der Waals surface area contributed by atoms with Crippen molar-refractivity contribution < 1.29 is 9.47 Å². The molecule has 29 heavy (non-hydrogen) atoms. The Morgan fingerprint density at radius 1 is 1.00 bits per heavy atom. The van der Waals surface area contributed by atoms with Gasteiger partial charge < -0.3 is 9.47 Å². The molecule has 0 aliphatic heterocycles. The van der Waals surface area contributed by atoms with Crippen molar-refractivity contribution in [2.24, 2.45) is 0 Å². The highest BCUT2D eigenvalue weighted by molar-refractivity contribution is 9.10. The molecule has 5 nitrogen and oxygen atoms in total. The first kappa shape index (κ1) is 19.6. The van der Waals surface area contributed by atoms with Gasteiger partial charge in [-0.3, -0.25) is 4.40 Å². The molecule has 148 valence electrons. The minimum absolute atomic E-state index is 0.132. The number of benzene rings is 2. The smallest absolute Gasteiger partial charge is 0.204 e. The van der Waals surface area contributed by atoms with E-state index >= 15 is 0 Å². The topological polar surface area (TPSA) is 48.7 Å². The van der Waals surface area contributed by atoms with Crippen LogP contribution in [0.4, 0.5) is 0 Å². The molecule has 0 bridgehead atoms. The molecule has 0 fully saturated rings. The lowest BCUT2D eigenvalue weighted by molar-refractivity contribution is 0.103. The third-order valence-electron chi connectivity index (χ3n) is 4.72. The van der Waals surface area contributed by atoms with Crippen LogP contribution >= 0.6 is 15.9 Å². The number of rotatable bonds is 8. The average Bonchev–Trinajstić information content (AvgIpc) is 3.16. The van der Waals surface area contributed by atoms with Gasteiger partial charge in [0.05, 0.1) is 13.2 Å². The van der Waals surface area contributed by atoms with E-state index in [1.54, 1.807) is 0 Å². The van der Waals surface area contributed by atoms with Crippen molar-refractivity contribution in [1.82, 2.24) is 14.6 Å². The van der Waals surface area contributed by atoms with Gasteiger partial charge in [0.15, 0.2) is 5.75 Å². The Morgan fingerprint density at radius 3 is 2.45 bits per heavy atom. The molecule has 0 saturated carbocycles. The van der Waals surface area contributed by atoms with Gasteiger partial charge in [0, 0.05) is 22.7 Å². The second kappa shape index (κ2) is 9.20. The quantitative estimate of drug-likeness (QED) is 0.329. The molecule has 1 unspecified atom stereocenters. The molecule has 6 heteroatoms. The summed E-state index contributed by atoms with van der Waals surface area (Å²) in [6.07, 6.45) is 2.87. The van der Waals surface area contributed by atoms with E-state index in [0.717, 1.165) is 28.0 Å². The Hall–Kier alpha value is -2.70. The fourth-order valence-corrected chi connectivity index (χ4v) is 3.60. The zero-order valence-corrected chi connectivity index (χ0v) is 17.7. The van der Waals surface area contributed by atoms with Crippen LogP contribution in [0.2, 0.25) is 0 Å². The first-order chi connectivity index (χ1) is 14.2. The van der Waals surface area contributed by atoms with Gasteiger partial charge in [-0.2, -0.15) is 0 Å². The molecule has 0 N–H and O–H groups in total. The van der Waals surface area contributed by atoms with Crippen LogP contribution in [0.15, 0.2) is 77.4 Å².